The maximum Gasteiger partial charge on any atom is 0.247 e. The number of nitrogens with zero attached hydrogens (tertiary/aromatic N) is 1. The number of hydrogen-bond acceptors (Lipinski definition) is 5. The van der Waals surface area contributed by atoms with Crippen LogP contribution in [-0.4, -0.2) is 37.9 Å². The van der Waals surface area contributed by atoms with E-state index < -0.39 is 32.7 Å². The average Bonchev–Trinajstić information content (AvgIpc) is 2.83. The average molecular weight is 469 g/mol. The molecule has 1 N–H and O–H groups in total. The Labute approximate surface area is 190 Å². The molecule has 1 unspecified atom stereocenters. The molecule has 2 aliphatic rings. The SMILES string of the molecule is O=C(Nc1ccc2c(c1)OCCO2)C1Cc2ccccc2CN1S(=O)(=O)c1ccccc1F. The van der Waals surface area contributed by atoms with Crippen molar-refractivity contribution in [2.75, 3.05) is 18.5 Å². The predicted molar refractivity (Wildman–Crippen MR) is 119 cm³/mol. The van der Waals surface area contributed by atoms with Crippen molar-refractivity contribution in [2.45, 2.75) is 23.9 Å². The molecule has 0 aromatic heterocycles. The molecule has 2 aliphatic heterocycles. The largest absolute Gasteiger partial charge is 0.486 e. The molecular weight excluding hydrogens is 447 g/mol. The number of halogens is 1. The van der Waals surface area contributed by atoms with Gasteiger partial charge in [-0.2, -0.15) is 4.31 Å². The fourth-order valence-electron chi connectivity index (χ4n) is 4.10. The Kier molecular flexibility index (Phi) is 5.51. The molecule has 3 aromatic carbocycles. The zero-order valence-electron chi connectivity index (χ0n) is 17.5. The summed E-state index contributed by atoms with van der Waals surface area (Å²) in [6.45, 7) is 0.813. The predicted octanol–water partition coefficient (Wildman–Crippen LogP) is 3.35. The van der Waals surface area contributed by atoms with Gasteiger partial charge in [-0.3, -0.25) is 4.79 Å². The van der Waals surface area contributed by atoms with Crippen LogP contribution in [0.15, 0.2) is 71.6 Å². The van der Waals surface area contributed by atoms with E-state index in [1.807, 2.05) is 24.3 Å². The van der Waals surface area contributed by atoms with Crippen LogP contribution in [0.4, 0.5) is 10.1 Å². The number of nitrogens with one attached hydrogen (secondary N) is 1. The normalized spacial score (nSPS) is 17.8. The van der Waals surface area contributed by atoms with E-state index in [0.717, 1.165) is 21.5 Å². The van der Waals surface area contributed by atoms with Crippen molar-refractivity contribution < 1.29 is 27.1 Å². The van der Waals surface area contributed by atoms with Gasteiger partial charge in [-0.05, 0) is 41.8 Å². The third-order valence-electron chi connectivity index (χ3n) is 5.74. The van der Waals surface area contributed by atoms with Gasteiger partial charge in [0, 0.05) is 18.3 Å². The van der Waals surface area contributed by atoms with Crippen LogP contribution in [0.25, 0.3) is 0 Å². The molecule has 33 heavy (non-hydrogen) atoms. The van der Waals surface area contributed by atoms with E-state index in [1.165, 1.54) is 18.2 Å². The molecule has 1 amide bonds. The van der Waals surface area contributed by atoms with Crippen LogP contribution in [0.5, 0.6) is 11.5 Å². The fourth-order valence-corrected chi connectivity index (χ4v) is 5.73. The van der Waals surface area contributed by atoms with Crippen LogP contribution >= 0.6 is 0 Å². The molecule has 0 saturated carbocycles. The summed E-state index contributed by atoms with van der Waals surface area (Å²) in [7, 11) is -4.28. The Morgan fingerprint density at radius 1 is 0.939 bits per heavy atom. The summed E-state index contributed by atoms with van der Waals surface area (Å²) in [4.78, 5) is 12.9. The number of amides is 1. The van der Waals surface area contributed by atoms with Crippen molar-refractivity contribution in [3.8, 4) is 11.5 Å². The summed E-state index contributed by atoms with van der Waals surface area (Å²) in [5, 5.41) is 2.79. The molecule has 5 rings (SSSR count). The van der Waals surface area contributed by atoms with Gasteiger partial charge < -0.3 is 14.8 Å². The summed E-state index contributed by atoms with van der Waals surface area (Å²) < 4.78 is 53.5. The van der Waals surface area contributed by atoms with Gasteiger partial charge in [0.1, 0.15) is 30.0 Å². The third-order valence-corrected chi connectivity index (χ3v) is 7.63. The molecule has 9 heteroatoms. The van der Waals surface area contributed by atoms with Gasteiger partial charge >= 0.3 is 0 Å². The van der Waals surface area contributed by atoms with Crippen molar-refractivity contribution in [1.29, 1.82) is 0 Å². The highest BCUT2D eigenvalue weighted by atomic mass is 32.2. The fraction of sp³-hybridized carbons (Fsp3) is 0.208. The van der Waals surface area contributed by atoms with Gasteiger partial charge in [0.05, 0.1) is 0 Å². The number of anilines is 1. The van der Waals surface area contributed by atoms with E-state index in [2.05, 4.69) is 5.32 Å². The van der Waals surface area contributed by atoms with Crippen LogP contribution < -0.4 is 14.8 Å². The minimum atomic E-state index is -4.28. The van der Waals surface area contributed by atoms with E-state index in [0.29, 0.717) is 30.4 Å². The number of rotatable bonds is 4. The highest BCUT2D eigenvalue weighted by Crippen LogP contribution is 2.34. The summed E-state index contributed by atoms with van der Waals surface area (Å²) in [6, 6.07) is 16.4. The van der Waals surface area contributed by atoms with E-state index >= 15 is 0 Å². The van der Waals surface area contributed by atoms with Gasteiger partial charge in [-0.15, -0.1) is 0 Å². The van der Waals surface area contributed by atoms with Crippen LogP contribution in [0, 0.1) is 5.82 Å². The van der Waals surface area contributed by atoms with Gasteiger partial charge in [0.25, 0.3) is 0 Å². The second-order valence-corrected chi connectivity index (χ2v) is 9.68. The third kappa shape index (κ3) is 4.05. The van der Waals surface area contributed by atoms with Crippen molar-refractivity contribution in [1.82, 2.24) is 4.31 Å². The Hall–Kier alpha value is -3.43. The molecule has 3 aromatic rings. The molecule has 0 aliphatic carbocycles. The molecule has 2 heterocycles. The Bertz CT molecular complexity index is 1330. The first kappa shape index (κ1) is 21.4. The Morgan fingerprint density at radius 3 is 2.42 bits per heavy atom. The lowest BCUT2D eigenvalue weighted by molar-refractivity contribution is -0.120. The zero-order valence-corrected chi connectivity index (χ0v) is 18.3. The monoisotopic (exact) mass is 468 g/mol. The summed E-state index contributed by atoms with van der Waals surface area (Å²) in [5.41, 5.74) is 2.10. The number of sulfonamides is 1. The highest BCUT2D eigenvalue weighted by Gasteiger charge is 2.40. The number of benzene rings is 3. The summed E-state index contributed by atoms with van der Waals surface area (Å²) in [6.07, 6.45) is 0.167. The minimum Gasteiger partial charge on any atom is -0.486 e. The molecule has 0 spiro atoms. The molecule has 0 fully saturated rings. The van der Waals surface area contributed by atoms with Gasteiger partial charge in [-0.25, -0.2) is 12.8 Å². The number of carbonyl (C=O) groups excluding carboxylic acids is 1. The van der Waals surface area contributed by atoms with Crippen LogP contribution in [0.1, 0.15) is 11.1 Å². The van der Waals surface area contributed by atoms with Crippen molar-refractivity contribution >= 4 is 21.6 Å². The number of ether oxygens (including phenoxy) is 2. The molecule has 1 atom stereocenters. The first-order valence-corrected chi connectivity index (χ1v) is 11.9. The number of hydrogen-bond donors (Lipinski definition) is 1. The maximum absolute atomic E-state index is 14.4. The maximum atomic E-state index is 14.4. The first-order valence-electron chi connectivity index (χ1n) is 10.5. The Balaban J connectivity index is 1.49. The molecule has 170 valence electrons. The van der Waals surface area contributed by atoms with E-state index in [9.17, 15) is 17.6 Å². The van der Waals surface area contributed by atoms with Crippen LogP contribution in [0.2, 0.25) is 0 Å². The molecular formula is C24H21FN2O5S. The lowest BCUT2D eigenvalue weighted by Crippen LogP contribution is -2.50. The Morgan fingerprint density at radius 2 is 1.64 bits per heavy atom. The van der Waals surface area contributed by atoms with Gasteiger partial charge in [0.15, 0.2) is 11.5 Å². The second kappa shape index (κ2) is 8.49. The van der Waals surface area contributed by atoms with Crippen molar-refractivity contribution in [2.24, 2.45) is 0 Å². The van der Waals surface area contributed by atoms with E-state index in [1.54, 1.807) is 18.2 Å². The van der Waals surface area contributed by atoms with Gasteiger partial charge in [-0.1, -0.05) is 36.4 Å². The summed E-state index contributed by atoms with van der Waals surface area (Å²) >= 11 is 0. The van der Waals surface area contributed by atoms with Gasteiger partial charge in [0.2, 0.25) is 15.9 Å². The molecule has 0 saturated heterocycles. The van der Waals surface area contributed by atoms with Crippen molar-refractivity contribution in [3.05, 3.63) is 83.7 Å². The minimum absolute atomic E-state index is 0.0356. The zero-order chi connectivity index (χ0) is 23.0. The van der Waals surface area contributed by atoms with Crippen LogP contribution in [-0.2, 0) is 27.8 Å². The quantitative estimate of drug-likeness (QED) is 0.635. The van der Waals surface area contributed by atoms with Crippen molar-refractivity contribution in [3.63, 3.8) is 0 Å². The molecule has 0 radical (unpaired) electrons. The summed E-state index contributed by atoms with van der Waals surface area (Å²) in [5.74, 6) is -0.290. The molecule has 0 bridgehead atoms. The van der Waals surface area contributed by atoms with E-state index in [-0.39, 0.29) is 13.0 Å². The standard InChI is InChI=1S/C24H21FN2O5S/c25-19-7-3-4-8-23(19)33(29,30)27-15-17-6-2-1-5-16(17)13-20(27)24(28)26-18-9-10-21-22(14-18)32-12-11-31-21/h1-10,14,20H,11-13,15H2,(H,26,28). The molecule has 7 nitrogen and oxygen atoms in total. The first-order chi connectivity index (χ1) is 15.9. The number of carbonyl (C=O) groups is 1. The number of fused-ring (bicyclic) bond motifs is 2. The lowest BCUT2D eigenvalue weighted by Gasteiger charge is -2.35. The van der Waals surface area contributed by atoms with Crippen LogP contribution in [0.3, 0.4) is 0 Å². The second-order valence-electron chi connectivity index (χ2n) is 7.82. The lowest BCUT2D eigenvalue weighted by atomic mass is 9.95. The smallest absolute Gasteiger partial charge is 0.247 e. The topological polar surface area (TPSA) is 84.9 Å². The highest BCUT2D eigenvalue weighted by molar-refractivity contribution is 7.89. The van der Waals surface area contributed by atoms with E-state index in [4.69, 9.17) is 9.47 Å².